The van der Waals surface area contributed by atoms with E-state index in [1.165, 1.54) is 13.2 Å². The standard InChI is InChI=1S/C22H23FN2O2S/c1-5-24-21(26)11-16-14(3)25(22(28)15-8-6-13(2)7-9-15)19-12-18(23)20(27-4)10-17(16)19/h6-10,12H,5,11H2,1-4H3,(H,24,26). The molecule has 0 aliphatic heterocycles. The molecule has 3 rings (SSSR count). The van der Waals surface area contributed by atoms with E-state index in [9.17, 15) is 9.18 Å². The second-order valence-corrected chi connectivity index (χ2v) is 7.09. The van der Waals surface area contributed by atoms with Gasteiger partial charge in [0, 0.05) is 29.3 Å². The molecule has 0 unspecified atom stereocenters. The quantitative estimate of drug-likeness (QED) is 0.652. The molecule has 1 amide bonds. The van der Waals surface area contributed by atoms with Gasteiger partial charge in [0.05, 0.1) is 19.0 Å². The van der Waals surface area contributed by atoms with E-state index >= 15 is 0 Å². The van der Waals surface area contributed by atoms with Gasteiger partial charge in [-0.25, -0.2) is 4.39 Å². The number of amides is 1. The van der Waals surface area contributed by atoms with E-state index in [0.29, 0.717) is 17.0 Å². The highest BCUT2D eigenvalue weighted by Crippen LogP contribution is 2.32. The minimum Gasteiger partial charge on any atom is -0.494 e. The molecule has 146 valence electrons. The number of aryl methyl sites for hydroxylation is 1. The number of nitrogens with zero attached hydrogens (tertiary/aromatic N) is 1. The lowest BCUT2D eigenvalue weighted by molar-refractivity contribution is -0.120. The zero-order valence-electron chi connectivity index (χ0n) is 16.4. The van der Waals surface area contributed by atoms with Gasteiger partial charge in [-0.15, -0.1) is 0 Å². The highest BCUT2D eigenvalue weighted by Gasteiger charge is 2.21. The topological polar surface area (TPSA) is 43.3 Å². The number of carbonyl (C=O) groups excluding carboxylic acids is 1. The van der Waals surface area contributed by atoms with Crippen LogP contribution in [-0.4, -0.2) is 29.1 Å². The molecule has 0 saturated heterocycles. The van der Waals surface area contributed by atoms with Crippen molar-refractivity contribution >= 4 is 34.0 Å². The summed E-state index contributed by atoms with van der Waals surface area (Å²) in [5.74, 6) is -0.415. The molecule has 0 bridgehead atoms. The fourth-order valence-electron chi connectivity index (χ4n) is 3.37. The summed E-state index contributed by atoms with van der Waals surface area (Å²) >= 11 is 5.74. The zero-order chi connectivity index (χ0) is 20.4. The molecule has 0 fully saturated rings. The predicted molar refractivity (Wildman–Crippen MR) is 114 cm³/mol. The molecule has 4 nitrogen and oxygen atoms in total. The normalized spacial score (nSPS) is 10.9. The van der Waals surface area contributed by atoms with Gasteiger partial charge in [-0.3, -0.25) is 4.79 Å². The number of hydrogen-bond donors (Lipinski definition) is 1. The minimum atomic E-state index is -0.468. The second kappa shape index (κ2) is 8.10. The Morgan fingerprint density at radius 1 is 1.21 bits per heavy atom. The molecular formula is C22H23FN2O2S. The highest BCUT2D eigenvalue weighted by molar-refractivity contribution is 7.80. The molecule has 3 aromatic rings. The minimum absolute atomic E-state index is 0.0887. The number of rotatable bonds is 5. The van der Waals surface area contributed by atoms with Crippen LogP contribution in [0.5, 0.6) is 5.75 Å². The lowest BCUT2D eigenvalue weighted by Crippen LogP contribution is -2.24. The lowest BCUT2D eigenvalue weighted by atomic mass is 10.1. The van der Waals surface area contributed by atoms with E-state index in [4.69, 9.17) is 17.0 Å². The van der Waals surface area contributed by atoms with Crippen LogP contribution in [0.25, 0.3) is 10.9 Å². The average molecular weight is 399 g/mol. The first-order valence-electron chi connectivity index (χ1n) is 9.12. The first-order chi connectivity index (χ1) is 13.4. The third kappa shape index (κ3) is 3.64. The molecule has 0 radical (unpaired) electrons. The largest absolute Gasteiger partial charge is 0.494 e. The van der Waals surface area contributed by atoms with Crippen LogP contribution in [0.1, 0.15) is 29.3 Å². The van der Waals surface area contributed by atoms with Crippen molar-refractivity contribution in [2.75, 3.05) is 13.7 Å². The van der Waals surface area contributed by atoms with Gasteiger partial charge in [-0.1, -0.05) is 42.0 Å². The SMILES string of the molecule is CCNC(=O)Cc1c(C)n(C(=S)c2ccc(C)cc2)c2cc(F)c(OC)cc12. The third-order valence-corrected chi connectivity index (χ3v) is 5.24. The number of benzene rings is 2. The maximum atomic E-state index is 14.5. The van der Waals surface area contributed by atoms with Gasteiger partial charge in [0.15, 0.2) is 11.6 Å². The van der Waals surface area contributed by atoms with Crippen LogP contribution >= 0.6 is 12.2 Å². The summed E-state index contributed by atoms with van der Waals surface area (Å²) < 4.78 is 21.5. The molecule has 1 heterocycles. The Morgan fingerprint density at radius 2 is 1.89 bits per heavy atom. The molecular weight excluding hydrogens is 375 g/mol. The Balaban J connectivity index is 2.22. The van der Waals surface area contributed by atoms with E-state index in [1.807, 2.05) is 49.6 Å². The van der Waals surface area contributed by atoms with Gasteiger partial charge in [-0.2, -0.15) is 0 Å². The Hall–Kier alpha value is -2.73. The monoisotopic (exact) mass is 398 g/mol. The highest BCUT2D eigenvalue weighted by atomic mass is 32.1. The van der Waals surface area contributed by atoms with E-state index < -0.39 is 5.82 Å². The summed E-state index contributed by atoms with van der Waals surface area (Å²) in [5.41, 5.74) is 4.25. The molecule has 2 aromatic carbocycles. The van der Waals surface area contributed by atoms with Gasteiger partial charge in [0.25, 0.3) is 0 Å². The molecule has 28 heavy (non-hydrogen) atoms. The Kier molecular flexibility index (Phi) is 5.79. The van der Waals surface area contributed by atoms with Crippen LogP contribution in [-0.2, 0) is 11.2 Å². The van der Waals surface area contributed by atoms with Gasteiger partial charge < -0.3 is 14.6 Å². The lowest BCUT2D eigenvalue weighted by Gasteiger charge is -2.11. The maximum Gasteiger partial charge on any atom is 0.224 e. The maximum absolute atomic E-state index is 14.5. The van der Waals surface area contributed by atoms with Crippen LogP contribution in [0, 0.1) is 19.7 Å². The number of ether oxygens (including phenoxy) is 1. The number of aromatic nitrogens is 1. The fourth-order valence-corrected chi connectivity index (χ4v) is 3.74. The summed E-state index contributed by atoms with van der Waals surface area (Å²) in [4.78, 5) is 12.8. The average Bonchev–Trinajstić information content (AvgIpc) is 2.92. The number of thiocarbonyl (C=S) groups is 1. The molecule has 1 N–H and O–H groups in total. The van der Waals surface area contributed by atoms with Crippen molar-refractivity contribution in [3.05, 3.63) is 64.6 Å². The van der Waals surface area contributed by atoms with E-state index in [1.54, 1.807) is 6.07 Å². The van der Waals surface area contributed by atoms with Gasteiger partial charge >= 0.3 is 0 Å². The van der Waals surface area contributed by atoms with Crippen molar-refractivity contribution < 1.29 is 13.9 Å². The number of halogens is 1. The number of likely N-dealkylation sites (N-methyl/N-ethyl adjacent to an activating group) is 1. The summed E-state index contributed by atoms with van der Waals surface area (Å²) in [6.07, 6.45) is 0.189. The molecule has 6 heteroatoms. The van der Waals surface area contributed by atoms with Crippen LogP contribution < -0.4 is 10.1 Å². The molecule has 0 saturated carbocycles. The van der Waals surface area contributed by atoms with Gasteiger partial charge in [-0.05, 0) is 32.4 Å². The van der Waals surface area contributed by atoms with E-state index in [-0.39, 0.29) is 18.1 Å². The third-order valence-electron chi connectivity index (χ3n) is 4.82. The Morgan fingerprint density at radius 3 is 2.50 bits per heavy atom. The summed E-state index contributed by atoms with van der Waals surface area (Å²) in [6, 6.07) is 10.9. The molecule has 1 aromatic heterocycles. The predicted octanol–water partition coefficient (Wildman–Crippen LogP) is 4.31. The zero-order valence-corrected chi connectivity index (χ0v) is 17.2. The second-order valence-electron chi connectivity index (χ2n) is 6.70. The molecule has 0 atom stereocenters. The molecule has 0 spiro atoms. The first kappa shape index (κ1) is 20.0. The number of nitrogens with one attached hydrogen (secondary N) is 1. The van der Waals surface area contributed by atoms with Crippen LogP contribution in [0.15, 0.2) is 36.4 Å². The van der Waals surface area contributed by atoms with Crippen molar-refractivity contribution in [1.29, 1.82) is 0 Å². The van der Waals surface area contributed by atoms with Crippen molar-refractivity contribution in [3.63, 3.8) is 0 Å². The Bertz CT molecular complexity index is 1050. The Labute approximate surface area is 169 Å². The smallest absolute Gasteiger partial charge is 0.224 e. The number of methoxy groups -OCH3 is 1. The number of carbonyl (C=O) groups is 1. The molecule has 0 aliphatic carbocycles. The van der Waals surface area contributed by atoms with Gasteiger partial charge in [0.1, 0.15) is 4.99 Å². The van der Waals surface area contributed by atoms with Gasteiger partial charge in [0.2, 0.25) is 5.91 Å². The van der Waals surface area contributed by atoms with E-state index in [0.717, 1.165) is 27.8 Å². The summed E-state index contributed by atoms with van der Waals surface area (Å²) in [6.45, 7) is 6.34. The van der Waals surface area contributed by atoms with Crippen molar-refractivity contribution in [2.24, 2.45) is 0 Å². The summed E-state index contributed by atoms with van der Waals surface area (Å²) in [7, 11) is 1.43. The van der Waals surface area contributed by atoms with Crippen LogP contribution in [0.3, 0.4) is 0 Å². The van der Waals surface area contributed by atoms with Crippen LogP contribution in [0.2, 0.25) is 0 Å². The van der Waals surface area contributed by atoms with Crippen LogP contribution in [0.4, 0.5) is 4.39 Å². The number of hydrogen-bond acceptors (Lipinski definition) is 3. The summed E-state index contributed by atoms with van der Waals surface area (Å²) in [5, 5.41) is 3.58. The fraction of sp³-hybridized carbons (Fsp3) is 0.273. The van der Waals surface area contributed by atoms with Crippen molar-refractivity contribution in [2.45, 2.75) is 27.2 Å². The van der Waals surface area contributed by atoms with Crippen molar-refractivity contribution in [3.8, 4) is 5.75 Å². The van der Waals surface area contributed by atoms with Crippen molar-refractivity contribution in [1.82, 2.24) is 9.88 Å². The van der Waals surface area contributed by atoms with E-state index in [2.05, 4.69) is 5.32 Å². The molecule has 0 aliphatic rings. The number of fused-ring (bicyclic) bond motifs is 1. The first-order valence-corrected chi connectivity index (χ1v) is 9.53.